The van der Waals surface area contributed by atoms with E-state index in [4.69, 9.17) is 16.6 Å². The Bertz CT molecular complexity index is 1260. The van der Waals surface area contributed by atoms with E-state index in [9.17, 15) is 10.1 Å². The van der Waals surface area contributed by atoms with Crippen LogP contribution in [0.5, 0.6) is 0 Å². The molecule has 9 heteroatoms. The van der Waals surface area contributed by atoms with Crippen LogP contribution in [0.1, 0.15) is 12.0 Å². The molecule has 0 aliphatic carbocycles. The summed E-state index contributed by atoms with van der Waals surface area (Å²) in [5.74, 6) is 0. The number of aryl methyl sites for hydroxylation is 2. The van der Waals surface area contributed by atoms with E-state index in [1.165, 1.54) is 23.5 Å². The molecule has 0 amide bonds. The highest BCUT2D eigenvalue weighted by molar-refractivity contribution is 7.07. The van der Waals surface area contributed by atoms with Crippen LogP contribution in [0.25, 0.3) is 11.3 Å². The SMILES string of the molecule is Cc1ccc(N=c2scc(-c3ccc([N+](=O)[O-])cc3)n2CCCn2ccnc2)cc1Cl. The maximum absolute atomic E-state index is 11.0. The van der Waals surface area contributed by atoms with Gasteiger partial charge >= 0.3 is 0 Å². The fourth-order valence-corrected chi connectivity index (χ4v) is 4.34. The number of imidazole rings is 1. The summed E-state index contributed by atoms with van der Waals surface area (Å²) in [6.07, 6.45) is 6.39. The molecule has 31 heavy (non-hydrogen) atoms. The number of aromatic nitrogens is 3. The first-order valence-electron chi connectivity index (χ1n) is 9.71. The molecular formula is C22H20ClN5O2S. The summed E-state index contributed by atoms with van der Waals surface area (Å²) < 4.78 is 4.19. The first-order chi connectivity index (χ1) is 15.0. The summed E-state index contributed by atoms with van der Waals surface area (Å²) in [5, 5.41) is 13.7. The van der Waals surface area contributed by atoms with Gasteiger partial charge in [0.25, 0.3) is 5.69 Å². The second kappa shape index (κ2) is 9.28. The average Bonchev–Trinajstić information content (AvgIpc) is 3.41. The molecule has 0 unspecified atom stereocenters. The number of hydrogen-bond donors (Lipinski definition) is 0. The number of nitrogens with zero attached hydrogens (tertiary/aromatic N) is 5. The number of hydrogen-bond acceptors (Lipinski definition) is 5. The van der Waals surface area contributed by atoms with Crippen LogP contribution in [0.4, 0.5) is 11.4 Å². The van der Waals surface area contributed by atoms with Gasteiger partial charge < -0.3 is 9.13 Å². The molecule has 2 aromatic heterocycles. The van der Waals surface area contributed by atoms with Crippen molar-refractivity contribution in [3.8, 4) is 11.3 Å². The highest BCUT2D eigenvalue weighted by Crippen LogP contribution is 2.25. The third kappa shape index (κ3) is 4.92. The van der Waals surface area contributed by atoms with Gasteiger partial charge in [0.2, 0.25) is 0 Å². The third-order valence-electron chi connectivity index (χ3n) is 4.91. The normalized spacial score (nSPS) is 11.7. The predicted molar refractivity (Wildman–Crippen MR) is 123 cm³/mol. The van der Waals surface area contributed by atoms with E-state index in [1.54, 1.807) is 24.7 Å². The highest BCUT2D eigenvalue weighted by Gasteiger charge is 2.11. The van der Waals surface area contributed by atoms with Gasteiger partial charge in [-0.25, -0.2) is 9.98 Å². The van der Waals surface area contributed by atoms with E-state index >= 15 is 0 Å². The van der Waals surface area contributed by atoms with Gasteiger partial charge in [-0.1, -0.05) is 17.7 Å². The van der Waals surface area contributed by atoms with Crippen LogP contribution in [0.15, 0.2) is 71.6 Å². The molecule has 0 fully saturated rings. The smallest absolute Gasteiger partial charge is 0.269 e. The molecule has 4 aromatic rings. The van der Waals surface area contributed by atoms with Gasteiger partial charge in [0, 0.05) is 48.0 Å². The lowest BCUT2D eigenvalue weighted by Crippen LogP contribution is -2.17. The number of nitro groups is 1. The molecule has 0 N–H and O–H groups in total. The molecule has 0 aliphatic heterocycles. The molecule has 0 bridgehead atoms. The van der Waals surface area contributed by atoms with Crippen LogP contribution in [0.2, 0.25) is 5.02 Å². The molecule has 0 saturated heterocycles. The monoisotopic (exact) mass is 453 g/mol. The fraction of sp³-hybridized carbons (Fsp3) is 0.182. The molecule has 7 nitrogen and oxygen atoms in total. The van der Waals surface area contributed by atoms with Crippen molar-refractivity contribution in [2.75, 3.05) is 0 Å². The molecule has 4 rings (SSSR count). The Kier molecular flexibility index (Phi) is 6.29. The minimum Gasteiger partial charge on any atom is -0.337 e. The highest BCUT2D eigenvalue weighted by atomic mass is 35.5. The second-order valence-corrected chi connectivity index (χ2v) is 8.30. The zero-order chi connectivity index (χ0) is 21.8. The van der Waals surface area contributed by atoms with Crippen molar-refractivity contribution in [2.24, 2.45) is 4.99 Å². The molecular weight excluding hydrogens is 434 g/mol. The summed E-state index contributed by atoms with van der Waals surface area (Å²) in [4.78, 5) is 20.4. The Labute approximate surface area is 188 Å². The zero-order valence-electron chi connectivity index (χ0n) is 16.8. The predicted octanol–water partition coefficient (Wildman–Crippen LogP) is 5.61. The van der Waals surface area contributed by atoms with Crippen LogP contribution in [-0.4, -0.2) is 19.0 Å². The number of halogens is 1. The van der Waals surface area contributed by atoms with Gasteiger partial charge in [-0.2, -0.15) is 0 Å². The molecule has 0 radical (unpaired) electrons. The van der Waals surface area contributed by atoms with E-state index < -0.39 is 4.92 Å². The van der Waals surface area contributed by atoms with E-state index in [-0.39, 0.29) is 5.69 Å². The molecule has 0 saturated carbocycles. The van der Waals surface area contributed by atoms with Gasteiger partial charge in [-0.3, -0.25) is 10.1 Å². The van der Waals surface area contributed by atoms with E-state index in [1.807, 2.05) is 41.3 Å². The lowest BCUT2D eigenvalue weighted by molar-refractivity contribution is -0.384. The molecule has 0 atom stereocenters. The van der Waals surface area contributed by atoms with Crippen LogP contribution >= 0.6 is 22.9 Å². The number of benzene rings is 2. The number of rotatable bonds is 7. The van der Waals surface area contributed by atoms with Crippen LogP contribution in [0.3, 0.4) is 0 Å². The lowest BCUT2D eigenvalue weighted by Gasteiger charge is -2.10. The molecule has 2 heterocycles. The second-order valence-electron chi connectivity index (χ2n) is 7.06. The van der Waals surface area contributed by atoms with Gasteiger partial charge in [0.05, 0.1) is 22.6 Å². The lowest BCUT2D eigenvalue weighted by atomic mass is 10.1. The third-order valence-corrected chi connectivity index (χ3v) is 6.18. The maximum Gasteiger partial charge on any atom is 0.269 e. The fourth-order valence-electron chi connectivity index (χ4n) is 3.21. The zero-order valence-corrected chi connectivity index (χ0v) is 18.4. The average molecular weight is 454 g/mol. The maximum atomic E-state index is 11.0. The van der Waals surface area contributed by atoms with Gasteiger partial charge in [0.15, 0.2) is 4.80 Å². The van der Waals surface area contributed by atoms with Crippen molar-refractivity contribution in [1.82, 2.24) is 14.1 Å². The Morgan fingerprint density at radius 2 is 2.00 bits per heavy atom. The topological polar surface area (TPSA) is 78.2 Å². The molecule has 0 aliphatic rings. The van der Waals surface area contributed by atoms with E-state index in [2.05, 4.69) is 9.55 Å². The van der Waals surface area contributed by atoms with Crippen molar-refractivity contribution < 1.29 is 4.92 Å². The van der Waals surface area contributed by atoms with Gasteiger partial charge in [-0.15, -0.1) is 11.3 Å². The summed E-state index contributed by atoms with van der Waals surface area (Å²) in [5.41, 5.74) is 3.75. The van der Waals surface area contributed by atoms with Gasteiger partial charge in [-0.05, 0) is 48.7 Å². The van der Waals surface area contributed by atoms with Crippen LogP contribution in [0, 0.1) is 17.0 Å². The first-order valence-corrected chi connectivity index (χ1v) is 11.0. The molecule has 158 valence electrons. The first kappa shape index (κ1) is 21.0. The summed E-state index contributed by atoms with van der Waals surface area (Å²) >= 11 is 7.81. The van der Waals surface area contributed by atoms with Crippen LogP contribution < -0.4 is 4.80 Å². The van der Waals surface area contributed by atoms with Crippen molar-refractivity contribution in [3.63, 3.8) is 0 Å². The van der Waals surface area contributed by atoms with E-state index in [0.717, 1.165) is 46.8 Å². The van der Waals surface area contributed by atoms with Crippen molar-refractivity contribution >= 4 is 34.3 Å². The number of nitro benzene ring substituents is 1. The largest absolute Gasteiger partial charge is 0.337 e. The Morgan fingerprint density at radius 3 is 2.68 bits per heavy atom. The van der Waals surface area contributed by atoms with E-state index in [0.29, 0.717) is 5.02 Å². The molecule has 0 spiro atoms. The quantitative estimate of drug-likeness (QED) is 0.269. The summed E-state index contributed by atoms with van der Waals surface area (Å²) in [7, 11) is 0. The van der Waals surface area contributed by atoms with Crippen LogP contribution in [-0.2, 0) is 13.1 Å². The van der Waals surface area contributed by atoms with Crippen molar-refractivity contribution in [3.05, 3.63) is 92.1 Å². The minimum absolute atomic E-state index is 0.0739. The standard InChI is InChI=1S/C22H20ClN5O2S/c1-16-3-6-18(13-20(16)23)25-22-27(11-2-10-26-12-9-24-15-26)21(14-31-22)17-4-7-19(8-5-17)28(29)30/h3-9,12-15H,2,10-11H2,1H3. The van der Waals surface area contributed by atoms with Crippen molar-refractivity contribution in [2.45, 2.75) is 26.4 Å². The number of non-ortho nitro benzene ring substituents is 1. The minimum atomic E-state index is -0.390. The Hall–Kier alpha value is -3.23. The Morgan fingerprint density at radius 1 is 1.19 bits per heavy atom. The summed E-state index contributed by atoms with van der Waals surface area (Å²) in [6.45, 7) is 3.53. The number of thiazole rings is 1. The van der Waals surface area contributed by atoms with Gasteiger partial charge in [0.1, 0.15) is 0 Å². The van der Waals surface area contributed by atoms with Crippen molar-refractivity contribution in [1.29, 1.82) is 0 Å². The summed E-state index contributed by atoms with van der Waals surface area (Å²) in [6, 6.07) is 12.4. The Balaban J connectivity index is 1.70. The molecule has 2 aromatic carbocycles.